The SMILES string of the molecule is CC(C)c1cc(C(=O)O)cc(NC(C)C2CC2)n1. The molecule has 18 heavy (non-hydrogen) atoms. The molecule has 1 atom stereocenters. The van der Waals surface area contributed by atoms with Crippen molar-refractivity contribution in [1.82, 2.24) is 4.98 Å². The van der Waals surface area contributed by atoms with Crippen molar-refractivity contribution in [3.63, 3.8) is 0 Å². The summed E-state index contributed by atoms with van der Waals surface area (Å²) in [5.41, 5.74) is 1.12. The molecule has 0 aromatic carbocycles. The fourth-order valence-corrected chi connectivity index (χ4v) is 1.99. The number of carbonyl (C=O) groups is 1. The minimum absolute atomic E-state index is 0.223. The van der Waals surface area contributed by atoms with E-state index in [0.29, 0.717) is 23.3 Å². The molecule has 2 N–H and O–H groups in total. The van der Waals surface area contributed by atoms with Crippen LogP contribution in [0.3, 0.4) is 0 Å². The Hall–Kier alpha value is -1.58. The Bertz CT molecular complexity index is 453. The summed E-state index contributed by atoms with van der Waals surface area (Å²) in [4.78, 5) is 15.6. The molecule has 1 aliphatic rings. The predicted octanol–water partition coefficient (Wildman–Crippen LogP) is 3.11. The van der Waals surface area contributed by atoms with E-state index in [4.69, 9.17) is 5.11 Å². The maximum Gasteiger partial charge on any atom is 0.335 e. The van der Waals surface area contributed by atoms with Crippen molar-refractivity contribution in [3.05, 3.63) is 23.4 Å². The lowest BCUT2D eigenvalue weighted by Crippen LogP contribution is -2.19. The molecule has 0 spiro atoms. The van der Waals surface area contributed by atoms with Crippen LogP contribution in [0.5, 0.6) is 0 Å². The van der Waals surface area contributed by atoms with Crippen LogP contribution in [0.1, 0.15) is 55.6 Å². The Morgan fingerprint density at radius 2 is 2.06 bits per heavy atom. The fraction of sp³-hybridized carbons (Fsp3) is 0.571. The molecule has 4 nitrogen and oxygen atoms in total. The van der Waals surface area contributed by atoms with Gasteiger partial charge in [-0.05, 0) is 43.7 Å². The lowest BCUT2D eigenvalue weighted by atomic mass is 10.1. The number of carboxylic acids is 1. The lowest BCUT2D eigenvalue weighted by Gasteiger charge is -2.16. The molecule has 98 valence electrons. The van der Waals surface area contributed by atoms with Gasteiger partial charge < -0.3 is 10.4 Å². The highest BCUT2D eigenvalue weighted by molar-refractivity contribution is 5.88. The van der Waals surface area contributed by atoms with Gasteiger partial charge in [-0.1, -0.05) is 13.8 Å². The zero-order valence-electron chi connectivity index (χ0n) is 11.1. The van der Waals surface area contributed by atoms with Crippen LogP contribution in [0, 0.1) is 5.92 Å². The normalized spacial score (nSPS) is 16.7. The molecule has 0 amide bonds. The van der Waals surface area contributed by atoms with E-state index < -0.39 is 5.97 Å². The van der Waals surface area contributed by atoms with E-state index >= 15 is 0 Å². The standard InChI is InChI=1S/C14H20N2O2/c1-8(2)12-6-11(14(17)18)7-13(16-12)15-9(3)10-4-5-10/h6-10H,4-5H2,1-3H3,(H,15,16)(H,17,18). The van der Waals surface area contributed by atoms with Crippen molar-refractivity contribution in [1.29, 1.82) is 0 Å². The van der Waals surface area contributed by atoms with Gasteiger partial charge in [-0.3, -0.25) is 0 Å². The van der Waals surface area contributed by atoms with Gasteiger partial charge >= 0.3 is 5.97 Å². The highest BCUT2D eigenvalue weighted by atomic mass is 16.4. The Labute approximate surface area is 107 Å². The zero-order valence-corrected chi connectivity index (χ0v) is 11.1. The van der Waals surface area contributed by atoms with E-state index in [-0.39, 0.29) is 5.92 Å². The number of nitrogens with one attached hydrogen (secondary N) is 1. The molecule has 4 heteroatoms. The van der Waals surface area contributed by atoms with Gasteiger partial charge in [0.15, 0.2) is 0 Å². The average molecular weight is 248 g/mol. The second-order valence-electron chi connectivity index (χ2n) is 5.40. The van der Waals surface area contributed by atoms with Gasteiger partial charge in [0.1, 0.15) is 5.82 Å². The van der Waals surface area contributed by atoms with Gasteiger partial charge in [-0.25, -0.2) is 9.78 Å². The van der Waals surface area contributed by atoms with Crippen molar-refractivity contribution in [3.8, 4) is 0 Å². The molecule has 1 heterocycles. The van der Waals surface area contributed by atoms with E-state index in [0.717, 1.165) is 5.69 Å². The Kier molecular flexibility index (Phi) is 3.55. The average Bonchev–Trinajstić information content (AvgIpc) is 3.12. The third-order valence-electron chi connectivity index (χ3n) is 3.39. The second-order valence-corrected chi connectivity index (χ2v) is 5.40. The second kappa shape index (κ2) is 4.96. The molecule has 2 rings (SSSR count). The number of hydrogen-bond donors (Lipinski definition) is 2. The first kappa shape index (κ1) is 12.9. The van der Waals surface area contributed by atoms with Crippen molar-refractivity contribution in [2.45, 2.75) is 45.6 Å². The number of nitrogens with zero attached hydrogens (tertiary/aromatic N) is 1. The third kappa shape index (κ3) is 3.00. The summed E-state index contributed by atoms with van der Waals surface area (Å²) < 4.78 is 0. The lowest BCUT2D eigenvalue weighted by molar-refractivity contribution is 0.0696. The molecule has 1 unspecified atom stereocenters. The van der Waals surface area contributed by atoms with Crippen LogP contribution in [0.4, 0.5) is 5.82 Å². The summed E-state index contributed by atoms with van der Waals surface area (Å²) in [6.07, 6.45) is 2.51. The molecule has 1 saturated carbocycles. The summed E-state index contributed by atoms with van der Waals surface area (Å²) in [6, 6.07) is 3.63. The van der Waals surface area contributed by atoms with Crippen LogP contribution in [0.15, 0.2) is 12.1 Å². The summed E-state index contributed by atoms with van der Waals surface area (Å²) in [6.45, 7) is 6.16. The first-order valence-corrected chi connectivity index (χ1v) is 6.49. The highest BCUT2D eigenvalue weighted by Gasteiger charge is 2.28. The zero-order chi connectivity index (χ0) is 13.3. The Morgan fingerprint density at radius 1 is 1.39 bits per heavy atom. The van der Waals surface area contributed by atoms with Crippen LogP contribution in [-0.4, -0.2) is 22.1 Å². The molecule has 1 fully saturated rings. The van der Waals surface area contributed by atoms with E-state index in [1.54, 1.807) is 12.1 Å². The predicted molar refractivity (Wildman–Crippen MR) is 71.1 cm³/mol. The maximum absolute atomic E-state index is 11.1. The maximum atomic E-state index is 11.1. The van der Waals surface area contributed by atoms with Crippen LogP contribution < -0.4 is 5.32 Å². The Balaban J connectivity index is 2.24. The number of aromatic carboxylic acids is 1. The van der Waals surface area contributed by atoms with Crippen LogP contribution in [0.2, 0.25) is 0 Å². The monoisotopic (exact) mass is 248 g/mol. The third-order valence-corrected chi connectivity index (χ3v) is 3.39. The topological polar surface area (TPSA) is 62.2 Å². The molecule has 1 aromatic heterocycles. The van der Waals surface area contributed by atoms with Crippen LogP contribution in [0.25, 0.3) is 0 Å². The van der Waals surface area contributed by atoms with Gasteiger partial charge in [0.05, 0.1) is 5.56 Å². The quantitative estimate of drug-likeness (QED) is 0.840. The molecule has 0 radical (unpaired) electrons. The summed E-state index contributed by atoms with van der Waals surface area (Å²) >= 11 is 0. The van der Waals surface area contributed by atoms with Gasteiger partial charge in [-0.15, -0.1) is 0 Å². The molecular formula is C14H20N2O2. The van der Waals surface area contributed by atoms with Gasteiger partial charge in [0, 0.05) is 11.7 Å². The molecule has 0 bridgehead atoms. The molecule has 1 aromatic rings. The Morgan fingerprint density at radius 3 is 2.56 bits per heavy atom. The van der Waals surface area contributed by atoms with Gasteiger partial charge in [-0.2, -0.15) is 0 Å². The molecule has 0 aliphatic heterocycles. The molecular weight excluding hydrogens is 228 g/mol. The molecule has 0 saturated heterocycles. The van der Waals surface area contributed by atoms with Crippen molar-refractivity contribution < 1.29 is 9.90 Å². The van der Waals surface area contributed by atoms with Crippen molar-refractivity contribution in [2.24, 2.45) is 5.92 Å². The first-order valence-electron chi connectivity index (χ1n) is 6.49. The first-order chi connectivity index (χ1) is 8.47. The number of pyridine rings is 1. The largest absolute Gasteiger partial charge is 0.478 e. The van der Waals surface area contributed by atoms with Gasteiger partial charge in [0.2, 0.25) is 0 Å². The number of hydrogen-bond acceptors (Lipinski definition) is 3. The minimum Gasteiger partial charge on any atom is -0.478 e. The summed E-state index contributed by atoms with van der Waals surface area (Å²) in [5, 5.41) is 12.4. The molecule has 1 aliphatic carbocycles. The number of rotatable bonds is 5. The van der Waals surface area contributed by atoms with Crippen LogP contribution in [-0.2, 0) is 0 Å². The van der Waals surface area contributed by atoms with Crippen molar-refractivity contribution >= 4 is 11.8 Å². The van der Waals surface area contributed by atoms with Crippen LogP contribution >= 0.6 is 0 Å². The summed E-state index contributed by atoms with van der Waals surface area (Å²) in [5.74, 6) is 0.711. The number of aromatic nitrogens is 1. The summed E-state index contributed by atoms with van der Waals surface area (Å²) in [7, 11) is 0. The number of anilines is 1. The minimum atomic E-state index is -0.901. The van der Waals surface area contributed by atoms with E-state index in [9.17, 15) is 4.79 Å². The van der Waals surface area contributed by atoms with Crippen molar-refractivity contribution in [2.75, 3.05) is 5.32 Å². The smallest absolute Gasteiger partial charge is 0.335 e. The highest BCUT2D eigenvalue weighted by Crippen LogP contribution is 2.34. The number of carboxylic acid groups (broad SMARTS) is 1. The van der Waals surface area contributed by atoms with E-state index in [2.05, 4.69) is 17.2 Å². The van der Waals surface area contributed by atoms with Gasteiger partial charge in [0.25, 0.3) is 0 Å². The van der Waals surface area contributed by atoms with E-state index in [1.165, 1.54) is 12.8 Å². The fourth-order valence-electron chi connectivity index (χ4n) is 1.99. The van der Waals surface area contributed by atoms with E-state index in [1.807, 2.05) is 13.8 Å².